The molecule has 0 aliphatic carbocycles. The summed E-state index contributed by atoms with van der Waals surface area (Å²) < 4.78 is 33.2. The fourth-order valence-electron chi connectivity index (χ4n) is 3.73. The molecule has 0 bridgehead atoms. The van der Waals surface area contributed by atoms with E-state index in [4.69, 9.17) is 4.74 Å². The lowest BCUT2D eigenvalue weighted by Crippen LogP contribution is -2.42. The standard InChI is InChI=1S/C26H29N3O6S/c1-19(2)17-25(20-9-15-23(35-3)16-10-20)27-26(30)18-28(21-11-13-22(14-12-21)29(31)32)36(33,34)24-7-5-4-6-8-24/h4-16,19,25H,17-18H2,1-3H3,(H,27,30)/t25-/m1/s1. The van der Waals surface area contributed by atoms with Crippen LogP contribution in [0.5, 0.6) is 5.75 Å². The summed E-state index contributed by atoms with van der Waals surface area (Å²) in [4.78, 5) is 23.7. The summed E-state index contributed by atoms with van der Waals surface area (Å²) in [6.45, 7) is 3.57. The highest BCUT2D eigenvalue weighted by Crippen LogP contribution is 2.27. The van der Waals surface area contributed by atoms with Gasteiger partial charge in [-0.25, -0.2) is 8.42 Å². The maximum absolute atomic E-state index is 13.5. The number of hydrogen-bond acceptors (Lipinski definition) is 6. The van der Waals surface area contributed by atoms with Gasteiger partial charge in [0.25, 0.3) is 15.7 Å². The molecule has 190 valence electrons. The molecule has 3 aromatic rings. The summed E-state index contributed by atoms with van der Waals surface area (Å²) in [5.41, 5.74) is 0.826. The quantitative estimate of drug-likeness (QED) is 0.294. The van der Waals surface area contributed by atoms with E-state index in [0.717, 1.165) is 9.87 Å². The number of nitrogens with zero attached hydrogens (tertiary/aromatic N) is 2. The maximum atomic E-state index is 13.5. The number of amides is 1. The Bertz CT molecular complexity index is 1280. The number of anilines is 1. The highest BCUT2D eigenvalue weighted by atomic mass is 32.2. The molecule has 0 radical (unpaired) electrons. The van der Waals surface area contributed by atoms with E-state index in [2.05, 4.69) is 5.32 Å². The number of carbonyl (C=O) groups excluding carboxylic acids is 1. The smallest absolute Gasteiger partial charge is 0.269 e. The van der Waals surface area contributed by atoms with Crippen molar-refractivity contribution >= 4 is 27.3 Å². The molecule has 0 spiro atoms. The van der Waals surface area contributed by atoms with Gasteiger partial charge < -0.3 is 10.1 Å². The van der Waals surface area contributed by atoms with Gasteiger partial charge in [0, 0.05) is 12.1 Å². The second-order valence-corrected chi connectivity index (χ2v) is 10.5. The molecule has 9 nitrogen and oxygen atoms in total. The summed E-state index contributed by atoms with van der Waals surface area (Å²) in [6, 6.07) is 19.8. The fourth-order valence-corrected chi connectivity index (χ4v) is 5.17. The number of nitrogens with one attached hydrogen (secondary N) is 1. The first-order chi connectivity index (χ1) is 17.1. The molecular weight excluding hydrogens is 482 g/mol. The number of sulfonamides is 1. The monoisotopic (exact) mass is 511 g/mol. The van der Waals surface area contributed by atoms with Crippen LogP contribution in [-0.4, -0.2) is 32.9 Å². The van der Waals surface area contributed by atoms with Crippen molar-refractivity contribution in [1.82, 2.24) is 5.32 Å². The molecule has 1 N–H and O–H groups in total. The van der Waals surface area contributed by atoms with Gasteiger partial charge in [0.1, 0.15) is 12.3 Å². The minimum absolute atomic E-state index is 0.00466. The molecule has 1 atom stereocenters. The number of benzene rings is 3. The average molecular weight is 512 g/mol. The molecule has 0 fully saturated rings. The topological polar surface area (TPSA) is 119 Å². The van der Waals surface area contributed by atoms with Crippen LogP contribution in [0.1, 0.15) is 31.9 Å². The van der Waals surface area contributed by atoms with E-state index in [1.54, 1.807) is 37.4 Å². The Morgan fingerprint density at radius 3 is 2.14 bits per heavy atom. The van der Waals surface area contributed by atoms with Crippen molar-refractivity contribution in [2.75, 3.05) is 18.0 Å². The number of rotatable bonds is 11. The molecule has 10 heteroatoms. The molecule has 0 saturated carbocycles. The zero-order valence-electron chi connectivity index (χ0n) is 20.3. The van der Waals surface area contributed by atoms with Crippen molar-refractivity contribution < 1.29 is 22.9 Å². The van der Waals surface area contributed by atoms with Gasteiger partial charge in [-0.15, -0.1) is 0 Å². The molecule has 1 amide bonds. The van der Waals surface area contributed by atoms with Crippen molar-refractivity contribution in [1.29, 1.82) is 0 Å². The number of nitro benzene ring substituents is 1. The largest absolute Gasteiger partial charge is 0.497 e. The van der Waals surface area contributed by atoms with Crippen molar-refractivity contribution in [3.63, 3.8) is 0 Å². The van der Waals surface area contributed by atoms with Gasteiger partial charge in [-0.05, 0) is 54.3 Å². The van der Waals surface area contributed by atoms with Crippen molar-refractivity contribution in [2.24, 2.45) is 5.92 Å². The number of nitro groups is 1. The molecule has 0 aromatic heterocycles. The number of hydrogen-bond donors (Lipinski definition) is 1. The minimum Gasteiger partial charge on any atom is -0.497 e. The minimum atomic E-state index is -4.13. The number of carbonyl (C=O) groups is 1. The average Bonchev–Trinajstić information content (AvgIpc) is 2.87. The van der Waals surface area contributed by atoms with Crippen molar-refractivity contribution in [3.8, 4) is 5.75 Å². The Morgan fingerprint density at radius 2 is 1.61 bits per heavy atom. The Labute approximate surface area is 210 Å². The summed E-state index contributed by atoms with van der Waals surface area (Å²) >= 11 is 0. The van der Waals surface area contributed by atoms with Gasteiger partial charge in [0.2, 0.25) is 5.91 Å². The van der Waals surface area contributed by atoms with Gasteiger partial charge in [-0.3, -0.25) is 19.2 Å². The van der Waals surface area contributed by atoms with Gasteiger partial charge in [0.15, 0.2) is 0 Å². The SMILES string of the molecule is COc1ccc([C@@H](CC(C)C)NC(=O)CN(c2ccc([N+](=O)[O-])cc2)S(=O)(=O)c2ccccc2)cc1. The summed E-state index contributed by atoms with van der Waals surface area (Å²) in [5.74, 6) is 0.442. The first-order valence-electron chi connectivity index (χ1n) is 11.4. The van der Waals surface area contributed by atoms with E-state index >= 15 is 0 Å². The summed E-state index contributed by atoms with van der Waals surface area (Å²) in [7, 11) is -2.56. The molecule has 36 heavy (non-hydrogen) atoms. The predicted octanol–water partition coefficient (Wildman–Crippen LogP) is 4.70. The molecule has 0 aliphatic heterocycles. The Morgan fingerprint density at radius 1 is 1.00 bits per heavy atom. The van der Waals surface area contributed by atoms with Gasteiger partial charge >= 0.3 is 0 Å². The van der Waals surface area contributed by atoms with Crippen LogP contribution < -0.4 is 14.4 Å². The van der Waals surface area contributed by atoms with E-state index in [1.165, 1.54) is 36.4 Å². The zero-order chi connectivity index (χ0) is 26.3. The van der Waals surface area contributed by atoms with Crippen molar-refractivity contribution in [3.05, 3.63) is 94.5 Å². The van der Waals surface area contributed by atoms with Crippen LogP contribution in [-0.2, 0) is 14.8 Å². The highest BCUT2D eigenvalue weighted by Gasteiger charge is 2.28. The number of methoxy groups -OCH3 is 1. The summed E-state index contributed by atoms with van der Waals surface area (Å²) in [5, 5.41) is 14.0. The van der Waals surface area contributed by atoms with Crippen LogP contribution >= 0.6 is 0 Å². The predicted molar refractivity (Wildman–Crippen MR) is 137 cm³/mol. The van der Waals surface area contributed by atoms with Crippen LogP contribution in [0.15, 0.2) is 83.8 Å². The van der Waals surface area contributed by atoms with Gasteiger partial charge in [-0.2, -0.15) is 0 Å². The molecule has 0 heterocycles. The molecule has 0 unspecified atom stereocenters. The van der Waals surface area contributed by atoms with E-state index in [0.29, 0.717) is 12.2 Å². The van der Waals surface area contributed by atoms with Crippen LogP contribution in [0.2, 0.25) is 0 Å². The third kappa shape index (κ3) is 6.60. The second-order valence-electron chi connectivity index (χ2n) is 8.62. The Hall–Kier alpha value is -3.92. The lowest BCUT2D eigenvalue weighted by atomic mass is 9.97. The molecule has 0 saturated heterocycles. The molecule has 3 rings (SSSR count). The number of non-ortho nitro benzene ring substituents is 1. The van der Waals surface area contributed by atoms with E-state index < -0.39 is 27.4 Å². The molecular formula is C26H29N3O6S. The second kappa shape index (κ2) is 11.7. The lowest BCUT2D eigenvalue weighted by molar-refractivity contribution is -0.384. The normalized spacial score (nSPS) is 12.1. The fraction of sp³-hybridized carbons (Fsp3) is 0.269. The first-order valence-corrected chi connectivity index (χ1v) is 12.8. The third-order valence-corrected chi connectivity index (χ3v) is 7.32. The van der Waals surface area contributed by atoms with E-state index in [-0.39, 0.29) is 28.2 Å². The zero-order valence-corrected chi connectivity index (χ0v) is 21.1. The summed E-state index contributed by atoms with van der Waals surface area (Å²) in [6.07, 6.45) is 0.640. The first kappa shape index (κ1) is 26.7. The molecule has 0 aliphatic rings. The van der Waals surface area contributed by atoms with Crippen LogP contribution in [0.4, 0.5) is 11.4 Å². The van der Waals surface area contributed by atoms with Crippen LogP contribution in [0, 0.1) is 16.0 Å². The molecule has 3 aromatic carbocycles. The van der Waals surface area contributed by atoms with Crippen molar-refractivity contribution in [2.45, 2.75) is 31.2 Å². The third-order valence-electron chi connectivity index (χ3n) is 5.53. The van der Waals surface area contributed by atoms with E-state index in [1.807, 2.05) is 26.0 Å². The highest BCUT2D eigenvalue weighted by molar-refractivity contribution is 7.92. The number of ether oxygens (including phenoxy) is 1. The van der Waals surface area contributed by atoms with Crippen LogP contribution in [0.3, 0.4) is 0 Å². The Kier molecular flexibility index (Phi) is 8.65. The Balaban J connectivity index is 1.92. The van der Waals surface area contributed by atoms with Crippen LogP contribution in [0.25, 0.3) is 0 Å². The lowest BCUT2D eigenvalue weighted by Gasteiger charge is -2.26. The van der Waals surface area contributed by atoms with Gasteiger partial charge in [0.05, 0.1) is 28.7 Å². The van der Waals surface area contributed by atoms with E-state index in [9.17, 15) is 23.3 Å². The van der Waals surface area contributed by atoms with Gasteiger partial charge in [-0.1, -0.05) is 44.2 Å². The maximum Gasteiger partial charge on any atom is 0.269 e.